The average Bonchev–Trinajstić information content (AvgIpc) is 2.88. The fourth-order valence-electron chi connectivity index (χ4n) is 1.90. The molecule has 0 saturated heterocycles. The monoisotopic (exact) mass is 343 g/mol. The van der Waals surface area contributed by atoms with Gasteiger partial charge in [-0.25, -0.2) is 0 Å². The molecule has 0 N–H and O–H groups in total. The van der Waals surface area contributed by atoms with E-state index in [-0.39, 0.29) is 0 Å². The van der Waals surface area contributed by atoms with Crippen LogP contribution >= 0.6 is 38.9 Å². The van der Waals surface area contributed by atoms with Crippen molar-refractivity contribution in [2.45, 2.75) is 18.8 Å². The summed E-state index contributed by atoms with van der Waals surface area (Å²) in [4.78, 5) is 3.73. The Bertz CT molecular complexity index is 499. The zero-order valence-electron chi connectivity index (χ0n) is 10.2. The quantitative estimate of drug-likeness (QED) is 0.663. The maximum atomic E-state index is 6.12. The maximum absolute atomic E-state index is 6.12. The van der Waals surface area contributed by atoms with Crippen LogP contribution in [0.4, 0.5) is 5.69 Å². The lowest BCUT2D eigenvalue weighted by Gasteiger charge is -2.25. The van der Waals surface area contributed by atoms with Gasteiger partial charge in [-0.05, 0) is 36.1 Å². The Morgan fingerprint density at radius 1 is 1.33 bits per heavy atom. The number of nitrogens with zero attached hydrogens (tertiary/aromatic N) is 1. The lowest BCUT2D eigenvalue weighted by atomic mass is 10.1. The molecule has 1 aromatic carbocycles. The van der Waals surface area contributed by atoms with Crippen LogP contribution < -0.4 is 4.90 Å². The molecule has 4 heteroatoms. The zero-order chi connectivity index (χ0) is 13.0. The van der Waals surface area contributed by atoms with E-state index in [1.807, 2.05) is 6.07 Å². The third kappa shape index (κ3) is 3.28. The highest BCUT2D eigenvalue weighted by Gasteiger charge is 2.11. The van der Waals surface area contributed by atoms with Crippen LogP contribution in [-0.4, -0.2) is 6.54 Å². The van der Waals surface area contributed by atoms with Crippen LogP contribution in [0.15, 0.2) is 35.7 Å². The lowest BCUT2D eigenvalue weighted by Crippen LogP contribution is -2.22. The highest BCUT2D eigenvalue weighted by atomic mass is 79.9. The highest BCUT2D eigenvalue weighted by molar-refractivity contribution is 9.08. The molecule has 0 aliphatic rings. The summed E-state index contributed by atoms with van der Waals surface area (Å²) >= 11 is 11.5. The predicted molar refractivity (Wildman–Crippen MR) is 85.1 cm³/mol. The molecule has 0 unspecified atom stereocenters. The first-order valence-electron chi connectivity index (χ1n) is 5.86. The van der Waals surface area contributed by atoms with Gasteiger partial charge in [-0.15, -0.1) is 11.3 Å². The second-order valence-corrected chi connectivity index (χ2v) is 6.03. The predicted octanol–water partition coefficient (Wildman–Crippen LogP) is 5.32. The van der Waals surface area contributed by atoms with Crippen molar-refractivity contribution in [3.8, 4) is 0 Å². The zero-order valence-corrected chi connectivity index (χ0v) is 13.4. The molecule has 0 atom stereocenters. The molecule has 2 rings (SSSR count). The first-order chi connectivity index (χ1) is 8.74. The smallest absolute Gasteiger partial charge is 0.0522 e. The summed E-state index contributed by atoms with van der Waals surface area (Å²) in [5, 5.41) is 3.76. The van der Waals surface area contributed by atoms with E-state index in [0.717, 1.165) is 23.4 Å². The largest absolute Gasteiger partial charge is 0.366 e. The van der Waals surface area contributed by atoms with Gasteiger partial charge in [0.25, 0.3) is 0 Å². The molecule has 0 bridgehead atoms. The number of anilines is 1. The summed E-state index contributed by atoms with van der Waals surface area (Å²) in [6.07, 6.45) is 0. The Morgan fingerprint density at radius 2 is 2.17 bits per heavy atom. The number of halogens is 2. The van der Waals surface area contributed by atoms with E-state index < -0.39 is 0 Å². The van der Waals surface area contributed by atoms with Gasteiger partial charge in [-0.2, -0.15) is 0 Å². The normalized spacial score (nSPS) is 10.6. The fraction of sp³-hybridized carbons (Fsp3) is 0.286. The number of thiophene rings is 1. The van der Waals surface area contributed by atoms with Crippen LogP contribution in [0.25, 0.3) is 0 Å². The third-order valence-corrected chi connectivity index (χ3v) is 4.54. The molecule has 0 radical (unpaired) electrons. The van der Waals surface area contributed by atoms with Gasteiger partial charge in [0.05, 0.1) is 6.54 Å². The summed E-state index contributed by atoms with van der Waals surface area (Å²) in [5.41, 5.74) is 2.49. The van der Waals surface area contributed by atoms with Crippen LogP contribution in [0.3, 0.4) is 0 Å². The van der Waals surface area contributed by atoms with Crippen molar-refractivity contribution in [1.29, 1.82) is 0 Å². The molecule has 1 aromatic heterocycles. The Balaban J connectivity index is 2.28. The minimum Gasteiger partial charge on any atom is -0.366 e. The van der Waals surface area contributed by atoms with Crippen molar-refractivity contribution in [1.82, 2.24) is 0 Å². The van der Waals surface area contributed by atoms with Crippen LogP contribution in [0.1, 0.15) is 17.4 Å². The van der Waals surface area contributed by atoms with Gasteiger partial charge in [0.15, 0.2) is 0 Å². The minimum absolute atomic E-state index is 0.791. The Hall–Kier alpha value is -0.510. The molecule has 0 spiro atoms. The third-order valence-electron chi connectivity index (χ3n) is 2.84. The van der Waals surface area contributed by atoms with Gasteiger partial charge in [-0.3, -0.25) is 0 Å². The molecule has 1 nitrogen and oxygen atoms in total. The first-order valence-corrected chi connectivity index (χ1v) is 8.24. The highest BCUT2D eigenvalue weighted by Crippen LogP contribution is 2.28. The van der Waals surface area contributed by atoms with Gasteiger partial charge >= 0.3 is 0 Å². The second kappa shape index (κ2) is 6.60. The molecule has 0 aliphatic carbocycles. The molecule has 96 valence electrons. The number of hydrogen-bond donors (Lipinski definition) is 0. The van der Waals surface area contributed by atoms with Gasteiger partial charge in [0, 0.05) is 27.5 Å². The van der Waals surface area contributed by atoms with E-state index in [0.29, 0.717) is 0 Å². The summed E-state index contributed by atoms with van der Waals surface area (Å²) in [5.74, 6) is 0. The molecule has 2 aromatic rings. The van der Waals surface area contributed by atoms with E-state index in [4.69, 9.17) is 11.6 Å². The van der Waals surface area contributed by atoms with E-state index in [1.165, 1.54) is 16.1 Å². The average molecular weight is 345 g/mol. The summed E-state index contributed by atoms with van der Waals surface area (Å²) < 4.78 is 0. The second-order valence-electron chi connectivity index (χ2n) is 4.00. The van der Waals surface area contributed by atoms with Crippen LogP contribution in [0.2, 0.25) is 5.02 Å². The van der Waals surface area contributed by atoms with Gasteiger partial charge in [0.2, 0.25) is 0 Å². The van der Waals surface area contributed by atoms with Crippen molar-refractivity contribution in [2.75, 3.05) is 11.4 Å². The molecule has 18 heavy (non-hydrogen) atoms. The minimum atomic E-state index is 0.791. The van der Waals surface area contributed by atoms with Gasteiger partial charge in [-0.1, -0.05) is 39.7 Å². The van der Waals surface area contributed by atoms with Crippen molar-refractivity contribution < 1.29 is 0 Å². The standard InChI is InChI=1S/C14H15BrClNS/c1-2-17(10-13-4-3-7-18-13)14-8-12(16)6-5-11(14)9-15/h3-8H,2,9-10H2,1H3. The number of hydrogen-bond acceptors (Lipinski definition) is 2. The maximum Gasteiger partial charge on any atom is 0.0522 e. The molecule has 0 saturated carbocycles. The van der Waals surface area contributed by atoms with Crippen molar-refractivity contribution in [3.63, 3.8) is 0 Å². The first kappa shape index (κ1) is 13.9. The topological polar surface area (TPSA) is 3.24 Å². The molecular weight excluding hydrogens is 330 g/mol. The van der Waals surface area contributed by atoms with Crippen molar-refractivity contribution in [2.24, 2.45) is 0 Å². The van der Waals surface area contributed by atoms with E-state index in [2.05, 4.69) is 57.4 Å². The SMILES string of the molecule is CCN(Cc1cccs1)c1cc(Cl)ccc1CBr. The number of benzene rings is 1. The van der Waals surface area contributed by atoms with Crippen molar-refractivity contribution >= 4 is 44.6 Å². The Kier molecular flexibility index (Phi) is 5.10. The van der Waals surface area contributed by atoms with Crippen LogP contribution in [0, 0.1) is 0 Å². The molecule has 0 fully saturated rings. The van der Waals surface area contributed by atoms with Gasteiger partial charge < -0.3 is 4.90 Å². The van der Waals surface area contributed by atoms with Crippen molar-refractivity contribution in [3.05, 3.63) is 51.2 Å². The Labute approximate surface area is 126 Å². The molecule has 1 heterocycles. The van der Waals surface area contributed by atoms with E-state index in [9.17, 15) is 0 Å². The number of rotatable bonds is 5. The molecule has 0 aliphatic heterocycles. The van der Waals surface area contributed by atoms with Crippen LogP contribution in [-0.2, 0) is 11.9 Å². The van der Waals surface area contributed by atoms with Gasteiger partial charge in [0.1, 0.15) is 0 Å². The fourth-order valence-corrected chi connectivity index (χ4v) is 3.26. The molecular formula is C14H15BrClNS. The van der Waals surface area contributed by atoms with E-state index >= 15 is 0 Å². The van der Waals surface area contributed by atoms with E-state index in [1.54, 1.807) is 11.3 Å². The molecule has 0 amide bonds. The summed E-state index contributed by atoms with van der Waals surface area (Å²) in [6, 6.07) is 10.3. The summed E-state index contributed by atoms with van der Waals surface area (Å²) in [7, 11) is 0. The lowest BCUT2D eigenvalue weighted by molar-refractivity contribution is 0.838. The summed E-state index contributed by atoms with van der Waals surface area (Å²) in [6.45, 7) is 4.08. The number of alkyl halides is 1. The van der Waals surface area contributed by atoms with Crippen LogP contribution in [0.5, 0.6) is 0 Å². The Morgan fingerprint density at radius 3 is 2.78 bits per heavy atom.